The molecule has 0 atom stereocenters. The molecule has 92 valence electrons. The van der Waals surface area contributed by atoms with Gasteiger partial charge in [0.2, 0.25) is 0 Å². The van der Waals surface area contributed by atoms with Crippen molar-refractivity contribution >= 4 is 22.7 Å². The van der Waals surface area contributed by atoms with Gasteiger partial charge in [-0.05, 0) is 30.9 Å². The zero-order valence-corrected chi connectivity index (χ0v) is 10.9. The average Bonchev–Trinajstić information content (AvgIpc) is 2.40. The second-order valence-electron chi connectivity index (χ2n) is 4.04. The maximum absolute atomic E-state index is 4.34. The number of hydrogen-bond donors (Lipinski definition) is 1. The summed E-state index contributed by atoms with van der Waals surface area (Å²) in [7, 11) is 0. The smallest absolute Gasteiger partial charge is 0.125 e. The summed E-state index contributed by atoms with van der Waals surface area (Å²) in [5.41, 5.74) is 1.10. The first-order valence-corrected chi connectivity index (χ1v) is 6.28. The molecule has 0 aliphatic rings. The SMILES string of the molecule is C/C=N\C(=C/CC)Nc1cccc2ccccc12. The molecule has 2 aromatic rings. The lowest BCUT2D eigenvalue weighted by Crippen LogP contribution is -1.98. The molecule has 2 heteroatoms. The van der Waals surface area contributed by atoms with Crippen LogP contribution in [0.3, 0.4) is 0 Å². The minimum Gasteiger partial charge on any atom is -0.340 e. The van der Waals surface area contributed by atoms with E-state index >= 15 is 0 Å². The minimum atomic E-state index is 0.899. The van der Waals surface area contributed by atoms with Crippen LogP contribution < -0.4 is 5.32 Å². The standard InChI is InChI=1S/C16H18N2/c1-3-8-16(17-4-2)18-15-12-7-10-13-9-5-6-11-14(13)15/h4-12,18H,3H2,1-2H3/b16-8+,17-4-. The third-order valence-electron chi connectivity index (χ3n) is 2.72. The highest BCUT2D eigenvalue weighted by Crippen LogP contribution is 2.24. The molecule has 18 heavy (non-hydrogen) atoms. The highest BCUT2D eigenvalue weighted by Gasteiger charge is 2.00. The van der Waals surface area contributed by atoms with Crippen LogP contribution in [0.15, 0.2) is 59.4 Å². The van der Waals surface area contributed by atoms with Gasteiger partial charge in [0, 0.05) is 17.3 Å². The van der Waals surface area contributed by atoms with Crippen LogP contribution in [0.1, 0.15) is 20.3 Å². The quantitative estimate of drug-likeness (QED) is 0.774. The Morgan fingerprint density at radius 1 is 1.17 bits per heavy atom. The lowest BCUT2D eigenvalue weighted by molar-refractivity contribution is 1.16. The Morgan fingerprint density at radius 3 is 2.72 bits per heavy atom. The summed E-state index contributed by atoms with van der Waals surface area (Å²) < 4.78 is 0. The maximum atomic E-state index is 4.34. The van der Waals surface area contributed by atoms with Crippen molar-refractivity contribution in [3.8, 4) is 0 Å². The van der Waals surface area contributed by atoms with Crippen molar-refractivity contribution in [2.45, 2.75) is 20.3 Å². The zero-order valence-electron chi connectivity index (χ0n) is 10.9. The Hall–Kier alpha value is -2.09. The largest absolute Gasteiger partial charge is 0.340 e. The summed E-state index contributed by atoms with van der Waals surface area (Å²) in [6.45, 7) is 4.03. The van der Waals surface area contributed by atoms with Gasteiger partial charge in [0.15, 0.2) is 0 Å². The van der Waals surface area contributed by atoms with Gasteiger partial charge in [-0.3, -0.25) is 0 Å². The van der Waals surface area contributed by atoms with E-state index < -0.39 is 0 Å². The molecule has 0 heterocycles. The van der Waals surface area contributed by atoms with E-state index in [1.165, 1.54) is 10.8 Å². The summed E-state index contributed by atoms with van der Waals surface area (Å²) in [4.78, 5) is 4.34. The minimum absolute atomic E-state index is 0.899. The number of hydrogen-bond acceptors (Lipinski definition) is 2. The lowest BCUT2D eigenvalue weighted by atomic mass is 10.1. The number of aliphatic imine (C=N–C) groups is 1. The van der Waals surface area contributed by atoms with Gasteiger partial charge in [-0.15, -0.1) is 0 Å². The second kappa shape index (κ2) is 6.01. The van der Waals surface area contributed by atoms with Crippen molar-refractivity contribution in [1.82, 2.24) is 0 Å². The van der Waals surface area contributed by atoms with Crippen molar-refractivity contribution in [3.63, 3.8) is 0 Å². The zero-order chi connectivity index (χ0) is 12.8. The summed E-state index contributed by atoms with van der Waals surface area (Å²) in [5, 5.41) is 5.84. The van der Waals surface area contributed by atoms with Crippen LogP contribution in [-0.2, 0) is 0 Å². The highest BCUT2D eigenvalue weighted by molar-refractivity contribution is 5.94. The molecule has 0 saturated carbocycles. The van der Waals surface area contributed by atoms with Gasteiger partial charge in [0.1, 0.15) is 5.82 Å². The molecule has 0 radical (unpaired) electrons. The van der Waals surface area contributed by atoms with E-state index in [9.17, 15) is 0 Å². The van der Waals surface area contributed by atoms with E-state index in [0.717, 1.165) is 17.9 Å². The Labute approximate surface area is 108 Å². The van der Waals surface area contributed by atoms with E-state index in [-0.39, 0.29) is 0 Å². The van der Waals surface area contributed by atoms with Crippen molar-refractivity contribution < 1.29 is 0 Å². The monoisotopic (exact) mass is 238 g/mol. The summed E-state index contributed by atoms with van der Waals surface area (Å²) in [6, 6.07) is 14.6. The molecule has 0 aliphatic carbocycles. The molecule has 0 amide bonds. The lowest BCUT2D eigenvalue weighted by Gasteiger charge is -2.10. The molecule has 0 aromatic heterocycles. The molecule has 2 rings (SSSR count). The van der Waals surface area contributed by atoms with E-state index in [1.54, 1.807) is 6.21 Å². The molecule has 0 aliphatic heterocycles. The first-order chi connectivity index (χ1) is 8.85. The van der Waals surface area contributed by atoms with Gasteiger partial charge >= 0.3 is 0 Å². The van der Waals surface area contributed by atoms with Crippen molar-refractivity contribution in [2.75, 3.05) is 5.32 Å². The number of nitrogens with zero attached hydrogens (tertiary/aromatic N) is 1. The first-order valence-electron chi connectivity index (χ1n) is 6.28. The Bertz CT molecular complexity index is 577. The van der Waals surface area contributed by atoms with Crippen molar-refractivity contribution in [1.29, 1.82) is 0 Å². The van der Waals surface area contributed by atoms with Gasteiger partial charge in [0.25, 0.3) is 0 Å². The summed E-state index contributed by atoms with van der Waals surface area (Å²) in [5.74, 6) is 0.899. The van der Waals surface area contributed by atoms with Crippen molar-refractivity contribution in [3.05, 3.63) is 54.4 Å². The van der Waals surface area contributed by atoms with E-state index in [4.69, 9.17) is 0 Å². The highest BCUT2D eigenvalue weighted by atomic mass is 15.0. The number of anilines is 1. The fourth-order valence-corrected chi connectivity index (χ4v) is 1.94. The number of nitrogens with one attached hydrogen (secondary N) is 1. The van der Waals surface area contributed by atoms with Crippen LogP contribution in [0, 0.1) is 0 Å². The number of benzene rings is 2. The van der Waals surface area contributed by atoms with Crippen LogP contribution in [0.5, 0.6) is 0 Å². The van der Waals surface area contributed by atoms with Crippen LogP contribution in [0.25, 0.3) is 10.8 Å². The second-order valence-corrected chi connectivity index (χ2v) is 4.04. The normalized spacial score (nSPS) is 12.2. The predicted molar refractivity (Wildman–Crippen MR) is 80.1 cm³/mol. The van der Waals surface area contributed by atoms with Crippen molar-refractivity contribution in [2.24, 2.45) is 4.99 Å². The van der Waals surface area contributed by atoms with E-state index in [0.29, 0.717) is 0 Å². The molecular formula is C16H18N2. The molecule has 0 fully saturated rings. The molecule has 2 aromatic carbocycles. The molecular weight excluding hydrogens is 220 g/mol. The summed E-state index contributed by atoms with van der Waals surface area (Å²) in [6.07, 6.45) is 4.85. The van der Waals surface area contributed by atoms with E-state index in [1.807, 2.05) is 6.92 Å². The van der Waals surface area contributed by atoms with Crippen LogP contribution in [0.4, 0.5) is 5.69 Å². The Kier molecular flexibility index (Phi) is 4.13. The molecule has 0 unspecified atom stereocenters. The molecule has 0 bridgehead atoms. The Morgan fingerprint density at radius 2 is 1.94 bits per heavy atom. The van der Waals surface area contributed by atoms with Gasteiger partial charge in [0.05, 0.1) is 0 Å². The maximum Gasteiger partial charge on any atom is 0.125 e. The molecule has 1 N–H and O–H groups in total. The van der Waals surface area contributed by atoms with E-state index in [2.05, 4.69) is 65.8 Å². The van der Waals surface area contributed by atoms with Crippen LogP contribution in [0.2, 0.25) is 0 Å². The topological polar surface area (TPSA) is 24.4 Å². The fourth-order valence-electron chi connectivity index (χ4n) is 1.94. The third-order valence-corrected chi connectivity index (χ3v) is 2.72. The fraction of sp³-hybridized carbons (Fsp3) is 0.188. The number of allylic oxidation sites excluding steroid dienone is 1. The molecule has 0 saturated heterocycles. The molecule has 0 spiro atoms. The Balaban J connectivity index is 2.39. The predicted octanol–water partition coefficient (Wildman–Crippen LogP) is 4.59. The first kappa shape index (κ1) is 12.4. The van der Waals surface area contributed by atoms with Crippen LogP contribution in [-0.4, -0.2) is 6.21 Å². The number of rotatable bonds is 4. The average molecular weight is 238 g/mol. The molecule has 2 nitrogen and oxygen atoms in total. The van der Waals surface area contributed by atoms with Gasteiger partial charge in [-0.25, -0.2) is 4.99 Å². The third kappa shape index (κ3) is 2.77. The summed E-state index contributed by atoms with van der Waals surface area (Å²) >= 11 is 0. The van der Waals surface area contributed by atoms with Gasteiger partial charge in [-0.2, -0.15) is 0 Å². The van der Waals surface area contributed by atoms with Gasteiger partial charge in [-0.1, -0.05) is 43.3 Å². The number of fused-ring (bicyclic) bond motifs is 1. The van der Waals surface area contributed by atoms with Crippen LogP contribution >= 0.6 is 0 Å². The van der Waals surface area contributed by atoms with Gasteiger partial charge < -0.3 is 5.32 Å².